The fraction of sp³-hybridized carbons (Fsp3) is 0. The van der Waals surface area contributed by atoms with Crippen molar-refractivity contribution < 1.29 is 15.6 Å². The minimum Gasteiger partial charge on any atom is -0.577 e. The molecule has 1 saturated carbocycles. The summed E-state index contributed by atoms with van der Waals surface area (Å²) in [5.74, 6) is 0. The summed E-state index contributed by atoms with van der Waals surface area (Å²) in [5.41, 5.74) is 5.75. The molecule has 0 spiro atoms. The SMILES string of the molecule is [CH]1[CH][CH][CH][CH]1.[I][Re].[N-]=O.c1ccc(P(c2ccccc2)c2ccccc2)cc1. The molecule has 4 rings (SSSR count). The van der Waals surface area contributed by atoms with E-state index in [-0.39, 0.29) is 0 Å². The van der Waals surface area contributed by atoms with Gasteiger partial charge >= 0.3 is 35.1 Å². The molecule has 1 fully saturated rings. The van der Waals surface area contributed by atoms with Gasteiger partial charge < -0.3 is 10.5 Å². The van der Waals surface area contributed by atoms with Crippen LogP contribution in [0.1, 0.15) is 0 Å². The monoisotopic (exact) mass is 671 g/mol. The zero-order chi connectivity index (χ0) is 20.5. The van der Waals surface area contributed by atoms with E-state index in [0.717, 1.165) is 0 Å². The zero-order valence-corrected chi connectivity index (χ0v) is 20.9. The van der Waals surface area contributed by atoms with Crippen molar-refractivity contribution in [3.63, 3.8) is 0 Å². The molecule has 5 heteroatoms. The van der Waals surface area contributed by atoms with E-state index in [1.807, 2.05) is 32.1 Å². The normalized spacial score (nSPS) is 11.8. The summed E-state index contributed by atoms with van der Waals surface area (Å²) in [6.45, 7) is 0. The van der Waals surface area contributed by atoms with Gasteiger partial charge in [0.25, 0.3) is 0 Å². The third kappa shape index (κ3) is 9.05. The van der Waals surface area contributed by atoms with Gasteiger partial charge in [0, 0.05) is 0 Å². The van der Waals surface area contributed by atoms with Gasteiger partial charge in [-0.15, -0.1) is 0 Å². The number of hydrogen-bond donors (Lipinski definition) is 0. The Morgan fingerprint density at radius 2 is 0.714 bits per heavy atom. The molecule has 0 atom stereocenters. The van der Waals surface area contributed by atoms with Crippen LogP contribution in [0.5, 0.6) is 0 Å². The maximum Gasteiger partial charge on any atom is -0.0134 e. The summed E-state index contributed by atoms with van der Waals surface area (Å²) in [7, 11) is -0.446. The molecule has 28 heavy (non-hydrogen) atoms. The summed E-state index contributed by atoms with van der Waals surface area (Å²) in [5, 5.41) is 4.19. The number of benzene rings is 3. The molecule has 0 aliphatic heterocycles. The topological polar surface area (TPSA) is 39.4 Å². The van der Waals surface area contributed by atoms with Gasteiger partial charge in [0.1, 0.15) is 0 Å². The van der Waals surface area contributed by atoms with E-state index in [1.54, 1.807) is 15.6 Å². The van der Waals surface area contributed by atoms with Crippen LogP contribution in [0, 0.1) is 37.0 Å². The van der Waals surface area contributed by atoms with E-state index in [9.17, 15) is 0 Å². The van der Waals surface area contributed by atoms with Gasteiger partial charge in [-0.3, -0.25) is 0 Å². The van der Waals surface area contributed by atoms with Crippen molar-refractivity contribution in [2.24, 2.45) is 0 Å². The predicted octanol–water partition coefficient (Wildman–Crippen LogP) is 5.67. The molecule has 0 N–H and O–H groups in total. The molecule has 143 valence electrons. The van der Waals surface area contributed by atoms with Crippen molar-refractivity contribution in [1.82, 2.24) is 0 Å². The first-order chi connectivity index (χ1) is 13.9. The molecule has 0 saturated heterocycles. The summed E-state index contributed by atoms with van der Waals surface area (Å²) >= 11 is 3.90. The average Bonchev–Trinajstić information content (AvgIpc) is 3.39. The van der Waals surface area contributed by atoms with Crippen LogP contribution >= 0.6 is 27.4 Å². The van der Waals surface area contributed by atoms with Gasteiger partial charge in [-0.1, -0.05) is 91.0 Å². The van der Waals surface area contributed by atoms with Crippen molar-refractivity contribution >= 4 is 43.3 Å². The van der Waals surface area contributed by atoms with Crippen LogP contribution < -0.4 is 15.9 Å². The maximum atomic E-state index is 7.25. The van der Waals surface area contributed by atoms with Crippen LogP contribution in [0.2, 0.25) is 0 Å². The quantitative estimate of drug-likeness (QED) is 0.262. The van der Waals surface area contributed by atoms with Gasteiger partial charge in [-0.2, -0.15) is 0 Å². The fourth-order valence-electron chi connectivity index (χ4n) is 2.50. The van der Waals surface area contributed by atoms with Gasteiger partial charge in [0.05, 0.1) is 0 Å². The molecule has 0 amide bonds. The Kier molecular flexibility index (Phi) is 15.2. The summed E-state index contributed by atoms with van der Waals surface area (Å²) in [4.78, 5) is 7.25. The van der Waals surface area contributed by atoms with Crippen LogP contribution in [-0.2, 0) is 15.6 Å². The van der Waals surface area contributed by atoms with Gasteiger partial charge in [0.2, 0.25) is 0 Å². The van der Waals surface area contributed by atoms with Crippen molar-refractivity contribution in [3.8, 4) is 0 Å². The van der Waals surface area contributed by atoms with E-state index < -0.39 is 7.92 Å². The first-order valence-electron chi connectivity index (χ1n) is 8.39. The Morgan fingerprint density at radius 3 is 0.929 bits per heavy atom. The molecular weight excluding hydrogens is 650 g/mol. The molecule has 0 aromatic heterocycles. The van der Waals surface area contributed by atoms with E-state index >= 15 is 0 Å². The predicted molar refractivity (Wildman–Crippen MR) is 127 cm³/mol. The molecule has 1 aliphatic rings. The Bertz CT molecular complexity index is 626. The Labute approximate surface area is 191 Å². The van der Waals surface area contributed by atoms with Gasteiger partial charge in [-0.05, 0) is 55.9 Å². The molecule has 0 unspecified atom stereocenters. The van der Waals surface area contributed by atoms with E-state index in [0.29, 0.717) is 0 Å². The van der Waals surface area contributed by atoms with Gasteiger partial charge in [0.15, 0.2) is 0 Å². The summed E-state index contributed by atoms with van der Waals surface area (Å²) in [6, 6.07) is 32.3. The van der Waals surface area contributed by atoms with Crippen molar-refractivity contribution in [3.05, 3.63) is 134 Å². The Hall–Kier alpha value is -0.918. The van der Waals surface area contributed by atoms with Crippen molar-refractivity contribution in [1.29, 1.82) is 0 Å². The largest absolute Gasteiger partial charge is 0.577 e. The third-order valence-corrected chi connectivity index (χ3v) is 6.04. The minimum atomic E-state index is -0.446. The average molecular weight is 671 g/mol. The molecule has 3 aromatic carbocycles. The summed E-state index contributed by atoms with van der Waals surface area (Å²) < 4.78 is 0. The maximum absolute atomic E-state index is 7.25. The molecule has 0 bridgehead atoms. The molecular formula is C23H20INOPRe-. The minimum absolute atomic E-state index is 0.446. The van der Waals surface area contributed by atoms with Crippen LogP contribution in [0.15, 0.2) is 91.0 Å². The molecule has 0 heterocycles. The number of nitroso groups, excluding NO2 is 1. The second-order valence-electron chi connectivity index (χ2n) is 5.30. The molecule has 5 radical (unpaired) electrons. The number of halogens is 1. The van der Waals surface area contributed by atoms with Crippen LogP contribution in [0.4, 0.5) is 0 Å². The molecule has 3 aromatic rings. The van der Waals surface area contributed by atoms with Crippen LogP contribution in [-0.4, -0.2) is 0 Å². The van der Waals surface area contributed by atoms with Crippen molar-refractivity contribution in [2.75, 3.05) is 0 Å². The standard InChI is InChI=1S/C18H15P.C5H5.HI.NO.Re/c1-4-10-16(11-5-1)19(17-12-6-2-7-13-17)18-14-8-3-9-15-18;1-2-4-5-3-1;;1-2;/h1-15H;1-5H;1H;;/q;;;-1;+1/p-1. The number of nitrogens with zero attached hydrogens (tertiary/aromatic N) is 1. The van der Waals surface area contributed by atoms with E-state index in [2.05, 4.69) is 111 Å². The smallest absolute Gasteiger partial charge is 0.0134 e. The molecule has 1 aliphatic carbocycles. The van der Waals surface area contributed by atoms with E-state index in [4.69, 9.17) is 10.5 Å². The number of rotatable bonds is 3. The molecule has 2 nitrogen and oxygen atoms in total. The Balaban J connectivity index is 0.000000368. The second kappa shape index (κ2) is 17.0. The van der Waals surface area contributed by atoms with Crippen LogP contribution in [0.3, 0.4) is 0 Å². The summed E-state index contributed by atoms with van der Waals surface area (Å²) in [6.07, 6.45) is 10.0. The van der Waals surface area contributed by atoms with Gasteiger partial charge in [-0.25, -0.2) is 0 Å². The first kappa shape index (κ1) is 25.1. The third-order valence-electron chi connectivity index (χ3n) is 3.60. The van der Waals surface area contributed by atoms with Crippen molar-refractivity contribution in [2.45, 2.75) is 0 Å². The number of hydrogen-bond acceptors (Lipinski definition) is 1. The zero-order valence-electron chi connectivity index (χ0n) is 15.1. The second-order valence-corrected chi connectivity index (χ2v) is 7.52. The fourth-order valence-corrected chi connectivity index (χ4v) is 4.80. The van der Waals surface area contributed by atoms with E-state index in [1.165, 1.54) is 15.9 Å². The first-order valence-corrected chi connectivity index (χ1v) is 17.4. The van der Waals surface area contributed by atoms with Crippen LogP contribution in [0.25, 0.3) is 5.59 Å². The Morgan fingerprint density at radius 1 is 0.500 bits per heavy atom.